The molecular weight excluding hydrogens is 411 g/mol. The summed E-state index contributed by atoms with van der Waals surface area (Å²) in [6.07, 6.45) is 1.95. The molecule has 3 rings (SSSR count). The summed E-state index contributed by atoms with van der Waals surface area (Å²) in [4.78, 5) is 6.98. The molecule has 1 aliphatic rings. The van der Waals surface area contributed by atoms with Crippen molar-refractivity contribution in [3.63, 3.8) is 0 Å². The number of nitrogens with one attached hydrogen (secondary N) is 2. The summed E-state index contributed by atoms with van der Waals surface area (Å²) in [5, 5.41) is 6.81. The smallest absolute Gasteiger partial charge is 0.191 e. The van der Waals surface area contributed by atoms with Crippen molar-refractivity contribution < 1.29 is 18.6 Å². The van der Waals surface area contributed by atoms with Crippen LogP contribution in [0.15, 0.2) is 41.4 Å². The van der Waals surface area contributed by atoms with Gasteiger partial charge in [-0.05, 0) is 37.5 Å². The molecule has 0 amide bonds. The lowest BCUT2D eigenvalue weighted by molar-refractivity contribution is 0.386. The molecule has 2 N–H and O–H groups in total. The number of halogens is 1. The Morgan fingerprint density at radius 1 is 1.03 bits per heavy atom. The lowest BCUT2D eigenvalue weighted by Crippen LogP contribution is -2.48. The zero-order valence-electron chi connectivity index (χ0n) is 19.3. The summed E-state index contributed by atoms with van der Waals surface area (Å²) in [7, 11) is 4.78. The zero-order chi connectivity index (χ0) is 22.9. The van der Waals surface area contributed by atoms with Crippen molar-refractivity contribution in [3.05, 3.63) is 47.8 Å². The molecule has 0 spiro atoms. The van der Waals surface area contributed by atoms with Gasteiger partial charge in [-0.15, -0.1) is 0 Å². The fraction of sp³-hybridized carbons (Fsp3) is 0.458. The number of hydrogen-bond acceptors (Lipinski definition) is 5. The van der Waals surface area contributed by atoms with E-state index in [1.165, 1.54) is 13.2 Å². The predicted molar refractivity (Wildman–Crippen MR) is 126 cm³/mol. The fourth-order valence-corrected chi connectivity index (χ4v) is 3.75. The van der Waals surface area contributed by atoms with Gasteiger partial charge in [0.1, 0.15) is 11.5 Å². The molecule has 7 nitrogen and oxygen atoms in total. The second kappa shape index (κ2) is 11.5. The maximum absolute atomic E-state index is 13.9. The maximum Gasteiger partial charge on any atom is 0.191 e. The molecule has 0 bridgehead atoms. The Bertz CT molecular complexity index is 892. The van der Waals surface area contributed by atoms with Crippen LogP contribution in [-0.4, -0.2) is 53.0 Å². The third-order valence-corrected chi connectivity index (χ3v) is 5.52. The third kappa shape index (κ3) is 6.18. The van der Waals surface area contributed by atoms with Gasteiger partial charge in [-0.2, -0.15) is 0 Å². The van der Waals surface area contributed by atoms with Gasteiger partial charge < -0.3 is 29.7 Å². The molecule has 8 heteroatoms. The number of nitrogens with zero attached hydrogens (tertiary/aromatic N) is 2. The normalized spacial score (nSPS) is 14.8. The van der Waals surface area contributed by atoms with Gasteiger partial charge in [-0.1, -0.05) is 6.07 Å². The van der Waals surface area contributed by atoms with E-state index in [0.717, 1.165) is 61.2 Å². The molecule has 32 heavy (non-hydrogen) atoms. The van der Waals surface area contributed by atoms with Gasteiger partial charge in [0.05, 0.1) is 27.9 Å². The van der Waals surface area contributed by atoms with Crippen molar-refractivity contribution in [2.45, 2.75) is 32.4 Å². The van der Waals surface area contributed by atoms with E-state index in [1.54, 1.807) is 20.3 Å². The quantitative estimate of drug-likeness (QED) is 0.479. The van der Waals surface area contributed by atoms with Crippen molar-refractivity contribution in [1.82, 2.24) is 10.6 Å². The number of benzene rings is 2. The number of anilines is 1. The second-order valence-electron chi connectivity index (χ2n) is 7.64. The Morgan fingerprint density at radius 3 is 2.28 bits per heavy atom. The number of guanidine groups is 1. The van der Waals surface area contributed by atoms with Gasteiger partial charge in [0.25, 0.3) is 0 Å². The average molecular weight is 445 g/mol. The topological polar surface area (TPSA) is 67.4 Å². The number of hydrogen-bond donors (Lipinski definition) is 2. The summed E-state index contributed by atoms with van der Waals surface area (Å²) in [6, 6.07) is 11.2. The van der Waals surface area contributed by atoms with Gasteiger partial charge in [-0.3, -0.25) is 0 Å². The third-order valence-electron chi connectivity index (χ3n) is 5.52. The van der Waals surface area contributed by atoms with Crippen LogP contribution in [0.2, 0.25) is 0 Å². The van der Waals surface area contributed by atoms with E-state index in [4.69, 9.17) is 14.2 Å². The molecule has 1 fully saturated rings. The van der Waals surface area contributed by atoms with Gasteiger partial charge in [0, 0.05) is 49.6 Å². The fourth-order valence-electron chi connectivity index (χ4n) is 3.75. The lowest BCUT2D eigenvalue weighted by atomic mass is 10.0. The standard InChI is InChI=1S/C24H33FN4O3/c1-5-26-24(27-16-17-6-7-23(32-4)22(25)12-17)28-18-8-10-29(11-9-18)19-13-20(30-2)15-21(14-19)31-3/h6-7,12-15,18H,5,8-11,16H2,1-4H3,(H2,26,27,28). The number of methoxy groups -OCH3 is 3. The van der Waals surface area contributed by atoms with Gasteiger partial charge in [-0.25, -0.2) is 9.38 Å². The minimum absolute atomic E-state index is 0.239. The summed E-state index contributed by atoms with van der Waals surface area (Å²) in [6.45, 7) is 5.00. The largest absolute Gasteiger partial charge is 0.497 e. The maximum atomic E-state index is 13.9. The van der Waals surface area contributed by atoms with Gasteiger partial charge in [0.15, 0.2) is 17.5 Å². The van der Waals surface area contributed by atoms with E-state index in [-0.39, 0.29) is 11.6 Å². The predicted octanol–water partition coefficient (Wildman–Crippen LogP) is 3.58. The zero-order valence-corrected chi connectivity index (χ0v) is 19.3. The average Bonchev–Trinajstić information content (AvgIpc) is 2.82. The molecule has 0 unspecified atom stereocenters. The first-order valence-electron chi connectivity index (χ1n) is 10.9. The van der Waals surface area contributed by atoms with Crippen LogP contribution in [0.25, 0.3) is 0 Å². The minimum Gasteiger partial charge on any atom is -0.497 e. The van der Waals surface area contributed by atoms with Crippen molar-refractivity contribution in [2.75, 3.05) is 45.9 Å². The van der Waals surface area contributed by atoms with Crippen LogP contribution >= 0.6 is 0 Å². The molecule has 0 saturated carbocycles. The summed E-state index contributed by atoms with van der Waals surface area (Å²) in [5.41, 5.74) is 1.89. The van der Waals surface area contributed by atoms with E-state index < -0.39 is 0 Å². The highest BCUT2D eigenvalue weighted by Gasteiger charge is 2.21. The molecule has 0 atom stereocenters. The van der Waals surface area contributed by atoms with Gasteiger partial charge >= 0.3 is 0 Å². The second-order valence-corrected chi connectivity index (χ2v) is 7.64. The minimum atomic E-state index is -0.375. The van der Waals surface area contributed by atoms with E-state index in [1.807, 2.05) is 31.2 Å². The van der Waals surface area contributed by atoms with E-state index in [0.29, 0.717) is 12.6 Å². The van der Waals surface area contributed by atoms with Gasteiger partial charge in [0.2, 0.25) is 0 Å². The summed E-state index contributed by atoms with van der Waals surface area (Å²) in [5.74, 6) is 2.18. The first-order valence-corrected chi connectivity index (χ1v) is 10.9. The molecule has 0 aromatic heterocycles. The molecule has 0 aliphatic carbocycles. The molecule has 1 saturated heterocycles. The number of aliphatic imine (C=N–C) groups is 1. The van der Waals surface area contributed by atoms with Crippen LogP contribution in [0.3, 0.4) is 0 Å². The number of ether oxygens (including phenoxy) is 3. The highest BCUT2D eigenvalue weighted by atomic mass is 19.1. The number of rotatable bonds is 8. The van der Waals surface area contributed by atoms with Crippen LogP contribution in [0.5, 0.6) is 17.2 Å². The highest BCUT2D eigenvalue weighted by molar-refractivity contribution is 5.80. The molecule has 0 radical (unpaired) electrons. The Morgan fingerprint density at radius 2 is 1.72 bits per heavy atom. The van der Waals surface area contributed by atoms with E-state index >= 15 is 0 Å². The van der Waals surface area contributed by atoms with E-state index in [2.05, 4.69) is 20.5 Å². The molecule has 174 valence electrons. The van der Waals surface area contributed by atoms with Crippen LogP contribution in [0.1, 0.15) is 25.3 Å². The summed E-state index contributed by atoms with van der Waals surface area (Å²) >= 11 is 0. The number of piperidine rings is 1. The van der Waals surface area contributed by atoms with Crippen molar-refractivity contribution in [3.8, 4) is 17.2 Å². The molecule has 1 aliphatic heterocycles. The van der Waals surface area contributed by atoms with Crippen LogP contribution in [-0.2, 0) is 6.54 Å². The highest BCUT2D eigenvalue weighted by Crippen LogP contribution is 2.30. The van der Waals surface area contributed by atoms with E-state index in [9.17, 15) is 4.39 Å². The first-order chi connectivity index (χ1) is 15.6. The van der Waals surface area contributed by atoms with Crippen LogP contribution in [0.4, 0.5) is 10.1 Å². The van der Waals surface area contributed by atoms with Crippen molar-refractivity contribution in [1.29, 1.82) is 0 Å². The monoisotopic (exact) mass is 444 g/mol. The SMILES string of the molecule is CCNC(=NCc1ccc(OC)c(F)c1)NC1CCN(c2cc(OC)cc(OC)c2)CC1. The van der Waals surface area contributed by atoms with Crippen LogP contribution < -0.4 is 29.7 Å². The Balaban J connectivity index is 1.59. The molecular formula is C24H33FN4O3. The Hall–Kier alpha value is -3.16. The van der Waals surface area contributed by atoms with Crippen molar-refractivity contribution in [2.24, 2.45) is 4.99 Å². The summed E-state index contributed by atoms with van der Waals surface area (Å²) < 4.78 is 29.7. The Labute approximate surface area is 189 Å². The first kappa shape index (κ1) is 23.5. The molecule has 1 heterocycles. The Kier molecular flexibility index (Phi) is 8.41. The van der Waals surface area contributed by atoms with Crippen molar-refractivity contribution >= 4 is 11.6 Å². The van der Waals surface area contributed by atoms with Crippen LogP contribution in [0, 0.1) is 5.82 Å². The lowest BCUT2D eigenvalue weighted by Gasteiger charge is -2.34. The molecule has 2 aromatic carbocycles. The molecule has 2 aromatic rings.